The summed E-state index contributed by atoms with van der Waals surface area (Å²) in [5, 5.41) is 10.2. The fourth-order valence-corrected chi connectivity index (χ4v) is 4.59. The van der Waals surface area contributed by atoms with Crippen LogP contribution in [0.2, 0.25) is 0 Å². The molecule has 0 radical (unpaired) electrons. The molecule has 134 valence electrons. The summed E-state index contributed by atoms with van der Waals surface area (Å²) in [5.41, 5.74) is 4.51. The van der Waals surface area contributed by atoms with Gasteiger partial charge in [-0.25, -0.2) is 4.98 Å². The molecule has 5 nitrogen and oxygen atoms in total. The lowest BCUT2D eigenvalue weighted by Crippen LogP contribution is -1.89. The van der Waals surface area contributed by atoms with Crippen LogP contribution < -0.4 is 0 Å². The van der Waals surface area contributed by atoms with E-state index in [1.807, 2.05) is 49.4 Å². The highest BCUT2D eigenvalue weighted by Crippen LogP contribution is 2.32. The van der Waals surface area contributed by atoms with E-state index in [1.165, 1.54) is 0 Å². The molecule has 2 aromatic heterocycles. The smallest absolute Gasteiger partial charge is 0.229 e. The number of phenols is 1. The van der Waals surface area contributed by atoms with Crippen LogP contribution in [0.25, 0.3) is 22.7 Å². The highest BCUT2D eigenvalue weighted by molar-refractivity contribution is 14.1. The van der Waals surface area contributed by atoms with Gasteiger partial charge < -0.3 is 9.52 Å². The number of aromatic nitrogens is 2. The molecule has 0 aliphatic rings. The molecule has 27 heavy (non-hydrogen) atoms. The third-order valence-corrected chi connectivity index (χ3v) is 5.55. The molecule has 0 unspecified atom stereocenters. The monoisotopic (exact) mass is 581 g/mol. The first-order valence-electron chi connectivity index (χ1n) is 8.06. The summed E-state index contributed by atoms with van der Waals surface area (Å²) >= 11 is 4.34. The lowest BCUT2D eigenvalue weighted by molar-refractivity contribution is 0.470. The Labute approximate surface area is 182 Å². The van der Waals surface area contributed by atoms with Crippen molar-refractivity contribution in [3.8, 4) is 17.2 Å². The van der Waals surface area contributed by atoms with Crippen LogP contribution in [0, 0.1) is 14.1 Å². The Kier molecular flexibility index (Phi) is 5.13. The second-order valence-electron chi connectivity index (χ2n) is 5.88. The van der Waals surface area contributed by atoms with Gasteiger partial charge in [-0.15, -0.1) is 0 Å². The van der Waals surface area contributed by atoms with Gasteiger partial charge in [0.05, 0.1) is 9.26 Å². The Bertz CT molecular complexity index is 1150. The molecule has 0 saturated carbocycles. The number of oxazole rings is 1. The van der Waals surface area contributed by atoms with Crippen molar-refractivity contribution >= 4 is 68.3 Å². The number of nitrogens with zero attached hydrogens (tertiary/aromatic N) is 3. The molecular weight excluding hydrogens is 568 g/mol. The van der Waals surface area contributed by atoms with Gasteiger partial charge in [-0.1, -0.05) is 6.07 Å². The maximum Gasteiger partial charge on any atom is 0.229 e. The summed E-state index contributed by atoms with van der Waals surface area (Å²) in [5.74, 6) is 0.753. The highest BCUT2D eigenvalue weighted by Gasteiger charge is 2.13. The summed E-state index contributed by atoms with van der Waals surface area (Å²) in [6.45, 7) is 1.97. The predicted octanol–water partition coefficient (Wildman–Crippen LogP) is 5.86. The second kappa shape index (κ2) is 7.55. The van der Waals surface area contributed by atoms with Gasteiger partial charge >= 0.3 is 0 Å². The van der Waals surface area contributed by atoms with Gasteiger partial charge in [-0.05, 0) is 94.1 Å². The van der Waals surface area contributed by atoms with E-state index in [0.29, 0.717) is 22.7 Å². The van der Waals surface area contributed by atoms with Crippen LogP contribution in [-0.2, 0) is 0 Å². The maximum absolute atomic E-state index is 10.2. The van der Waals surface area contributed by atoms with Crippen LogP contribution >= 0.6 is 45.2 Å². The van der Waals surface area contributed by atoms with Crippen LogP contribution in [-0.4, -0.2) is 21.3 Å². The zero-order chi connectivity index (χ0) is 19.0. The number of benzene rings is 2. The van der Waals surface area contributed by atoms with E-state index in [2.05, 4.69) is 60.1 Å². The first-order valence-corrected chi connectivity index (χ1v) is 10.2. The van der Waals surface area contributed by atoms with Gasteiger partial charge in [0, 0.05) is 27.1 Å². The van der Waals surface area contributed by atoms with Gasteiger partial charge in [-0.2, -0.15) is 4.98 Å². The van der Waals surface area contributed by atoms with Gasteiger partial charge in [0.2, 0.25) is 5.89 Å². The Morgan fingerprint density at radius 1 is 1.15 bits per heavy atom. The molecule has 0 bridgehead atoms. The first-order chi connectivity index (χ1) is 13.0. The van der Waals surface area contributed by atoms with Gasteiger partial charge in [0.1, 0.15) is 5.75 Å². The molecule has 0 amide bonds. The molecule has 4 rings (SSSR count). The van der Waals surface area contributed by atoms with Crippen molar-refractivity contribution in [1.29, 1.82) is 0 Å². The van der Waals surface area contributed by atoms with E-state index in [1.54, 1.807) is 12.4 Å². The summed E-state index contributed by atoms with van der Waals surface area (Å²) in [7, 11) is 0. The van der Waals surface area contributed by atoms with E-state index in [0.717, 1.165) is 24.0 Å². The maximum atomic E-state index is 10.2. The van der Waals surface area contributed by atoms with Crippen molar-refractivity contribution in [2.75, 3.05) is 0 Å². The number of halogens is 2. The Morgan fingerprint density at radius 2 is 2.00 bits per heavy atom. The van der Waals surface area contributed by atoms with Crippen LogP contribution in [0.1, 0.15) is 11.1 Å². The third kappa shape index (κ3) is 3.70. The van der Waals surface area contributed by atoms with Gasteiger partial charge in [-0.3, -0.25) is 4.99 Å². The largest absolute Gasteiger partial charge is 0.506 e. The van der Waals surface area contributed by atoms with E-state index in [9.17, 15) is 5.11 Å². The van der Waals surface area contributed by atoms with E-state index >= 15 is 0 Å². The highest BCUT2D eigenvalue weighted by atomic mass is 127. The Morgan fingerprint density at radius 3 is 2.81 bits per heavy atom. The molecule has 0 saturated heterocycles. The topological polar surface area (TPSA) is 71.5 Å². The number of rotatable bonds is 3. The predicted molar refractivity (Wildman–Crippen MR) is 123 cm³/mol. The average molecular weight is 581 g/mol. The van der Waals surface area contributed by atoms with Crippen molar-refractivity contribution in [2.45, 2.75) is 6.92 Å². The van der Waals surface area contributed by atoms with Crippen molar-refractivity contribution < 1.29 is 9.52 Å². The number of hydrogen-bond donors (Lipinski definition) is 1. The van der Waals surface area contributed by atoms with Crippen molar-refractivity contribution in [3.05, 3.63) is 66.9 Å². The normalized spacial score (nSPS) is 11.5. The number of phenolic OH excluding ortho intramolecular Hbond substituents is 1. The second-order valence-corrected chi connectivity index (χ2v) is 8.29. The Balaban J connectivity index is 1.74. The summed E-state index contributed by atoms with van der Waals surface area (Å²) in [6, 6.07) is 13.3. The number of fused-ring (bicyclic) bond motifs is 1. The van der Waals surface area contributed by atoms with Crippen LogP contribution in [0.4, 0.5) is 5.69 Å². The molecule has 0 spiro atoms. The van der Waals surface area contributed by atoms with E-state index in [4.69, 9.17) is 4.42 Å². The number of aromatic hydroxyl groups is 1. The zero-order valence-corrected chi connectivity index (χ0v) is 18.5. The Hall–Kier alpha value is -2.01. The molecule has 0 aliphatic heterocycles. The number of aliphatic imine (C=N–C) groups is 1. The zero-order valence-electron chi connectivity index (χ0n) is 14.1. The van der Waals surface area contributed by atoms with Crippen LogP contribution in [0.15, 0.2) is 58.1 Å². The minimum atomic E-state index is 0.235. The summed E-state index contributed by atoms with van der Waals surface area (Å²) < 4.78 is 7.67. The van der Waals surface area contributed by atoms with Crippen molar-refractivity contribution in [3.63, 3.8) is 0 Å². The van der Waals surface area contributed by atoms with E-state index < -0.39 is 0 Å². The molecule has 2 heterocycles. The minimum Gasteiger partial charge on any atom is -0.506 e. The van der Waals surface area contributed by atoms with Crippen molar-refractivity contribution in [2.24, 2.45) is 4.99 Å². The fraction of sp³-hybridized carbons (Fsp3) is 0.0500. The molecule has 2 aromatic carbocycles. The standard InChI is InChI=1S/C20H13I2N3O2/c1-11-14(20-25-19-17(27-20)6-3-7-23-19)4-2-5-16(11)24-10-12-8-13(21)9-15(22)18(12)26/h2-10,26H,1H3. The average Bonchev–Trinajstić information content (AvgIpc) is 3.08. The fourth-order valence-electron chi connectivity index (χ4n) is 2.70. The third-order valence-electron chi connectivity index (χ3n) is 4.10. The van der Waals surface area contributed by atoms with Crippen LogP contribution in [0.3, 0.4) is 0 Å². The number of hydrogen-bond acceptors (Lipinski definition) is 5. The summed E-state index contributed by atoms with van der Waals surface area (Å²) in [4.78, 5) is 13.3. The molecule has 0 aliphatic carbocycles. The molecule has 1 N–H and O–H groups in total. The van der Waals surface area contributed by atoms with Gasteiger partial charge in [0.15, 0.2) is 11.2 Å². The molecular formula is C20H13I2N3O2. The molecule has 0 fully saturated rings. The number of pyridine rings is 1. The molecule has 0 atom stereocenters. The lowest BCUT2D eigenvalue weighted by Gasteiger charge is -2.06. The van der Waals surface area contributed by atoms with Crippen molar-refractivity contribution in [1.82, 2.24) is 9.97 Å². The quantitative estimate of drug-likeness (QED) is 0.243. The van der Waals surface area contributed by atoms with E-state index in [-0.39, 0.29) is 5.75 Å². The first kappa shape index (κ1) is 18.4. The lowest BCUT2D eigenvalue weighted by atomic mass is 10.1. The molecule has 7 heteroatoms. The SMILES string of the molecule is Cc1c(N=Cc2cc(I)cc(I)c2O)cccc1-c1nc2ncccc2o1. The minimum absolute atomic E-state index is 0.235. The van der Waals surface area contributed by atoms with Gasteiger partial charge in [0.25, 0.3) is 0 Å². The van der Waals surface area contributed by atoms with Crippen LogP contribution in [0.5, 0.6) is 5.75 Å². The summed E-state index contributed by atoms with van der Waals surface area (Å²) in [6.07, 6.45) is 3.37. The molecule has 4 aromatic rings.